The fourth-order valence-corrected chi connectivity index (χ4v) is 2.07. The summed E-state index contributed by atoms with van der Waals surface area (Å²) >= 11 is 0. The number of aromatic amines is 1. The van der Waals surface area contributed by atoms with Gasteiger partial charge in [0.2, 0.25) is 0 Å². The zero-order valence-electron chi connectivity index (χ0n) is 12.5. The summed E-state index contributed by atoms with van der Waals surface area (Å²) in [6.45, 7) is 0.969. The molecule has 0 spiro atoms. The molecule has 2 aromatic rings. The molecule has 0 radical (unpaired) electrons. The monoisotopic (exact) mass is 341 g/mol. The number of carbonyl (C=O) groups excluding carboxylic acids is 1. The van der Waals surface area contributed by atoms with E-state index in [4.69, 9.17) is 0 Å². The number of H-pyrrole nitrogens is 1. The number of aliphatic hydroxyl groups is 1. The predicted molar refractivity (Wildman–Crippen MR) is 78.3 cm³/mol. The van der Waals surface area contributed by atoms with E-state index in [1.165, 1.54) is 19.1 Å². The van der Waals surface area contributed by atoms with Gasteiger partial charge in [0.15, 0.2) is 0 Å². The smallest absolute Gasteiger partial charge is 0.394 e. The average Bonchev–Trinajstić information content (AvgIpc) is 2.50. The van der Waals surface area contributed by atoms with Gasteiger partial charge in [-0.25, -0.2) is 4.98 Å². The lowest BCUT2D eigenvalue weighted by atomic mass is 10.0. The molecular formula is C15H14F3N3O3. The molecular weight excluding hydrogens is 327 g/mol. The molecule has 24 heavy (non-hydrogen) atoms. The van der Waals surface area contributed by atoms with Crippen LogP contribution in [0.5, 0.6) is 0 Å². The summed E-state index contributed by atoms with van der Waals surface area (Å²) in [5, 5.41) is 11.8. The van der Waals surface area contributed by atoms with Crippen LogP contribution in [0.25, 0.3) is 0 Å². The Balaban J connectivity index is 2.19. The van der Waals surface area contributed by atoms with Crippen molar-refractivity contribution in [2.75, 3.05) is 6.61 Å². The minimum absolute atomic E-state index is 0.151. The van der Waals surface area contributed by atoms with E-state index >= 15 is 0 Å². The van der Waals surface area contributed by atoms with Gasteiger partial charge < -0.3 is 15.4 Å². The van der Waals surface area contributed by atoms with Crippen molar-refractivity contribution in [3.8, 4) is 0 Å². The Morgan fingerprint density at radius 1 is 1.33 bits per heavy atom. The minimum Gasteiger partial charge on any atom is -0.394 e. The molecule has 0 aliphatic rings. The van der Waals surface area contributed by atoms with Crippen molar-refractivity contribution >= 4 is 5.91 Å². The molecule has 1 heterocycles. The summed E-state index contributed by atoms with van der Waals surface area (Å²) in [5.74, 6) is -0.481. The van der Waals surface area contributed by atoms with E-state index in [2.05, 4.69) is 15.3 Å². The molecule has 2 rings (SSSR count). The second-order valence-corrected chi connectivity index (χ2v) is 5.04. The van der Waals surface area contributed by atoms with Crippen molar-refractivity contribution in [3.63, 3.8) is 0 Å². The molecule has 1 aromatic heterocycles. The number of amides is 1. The Morgan fingerprint density at radius 2 is 1.96 bits per heavy atom. The van der Waals surface area contributed by atoms with Crippen LogP contribution in [0, 0.1) is 6.92 Å². The lowest BCUT2D eigenvalue weighted by molar-refractivity contribution is -0.137. The Kier molecular flexibility index (Phi) is 5.03. The Hall–Kier alpha value is -2.68. The van der Waals surface area contributed by atoms with Crippen LogP contribution in [-0.4, -0.2) is 27.6 Å². The standard InChI is InChI=1S/C15H14F3N3O3/c1-8-19-11(6-13(23)20-8)14(24)21-12(7-22)9-2-4-10(5-3-9)15(16,17)18/h2-6,12,22H,7H2,1H3,(H,21,24)(H,19,20,23)/t12-/m1/s1. The lowest BCUT2D eigenvalue weighted by Crippen LogP contribution is -2.32. The SMILES string of the molecule is Cc1nc(C(=O)N[C@H](CO)c2ccc(C(F)(F)F)cc2)cc(=O)[nH]1. The van der Waals surface area contributed by atoms with Gasteiger partial charge in [-0.3, -0.25) is 9.59 Å². The van der Waals surface area contributed by atoms with Crippen molar-refractivity contribution < 1.29 is 23.1 Å². The number of benzene rings is 1. The molecule has 0 bridgehead atoms. The fraction of sp³-hybridized carbons (Fsp3) is 0.267. The van der Waals surface area contributed by atoms with Crippen molar-refractivity contribution in [2.24, 2.45) is 0 Å². The summed E-state index contributed by atoms with van der Waals surface area (Å²) in [4.78, 5) is 29.7. The quantitative estimate of drug-likeness (QED) is 0.786. The van der Waals surface area contributed by atoms with Crippen LogP contribution in [0.3, 0.4) is 0 Å². The van der Waals surface area contributed by atoms with E-state index in [-0.39, 0.29) is 11.5 Å². The summed E-state index contributed by atoms with van der Waals surface area (Å²) in [6.07, 6.45) is -4.47. The second-order valence-electron chi connectivity index (χ2n) is 5.04. The van der Waals surface area contributed by atoms with Gasteiger partial charge in [0.25, 0.3) is 11.5 Å². The van der Waals surface area contributed by atoms with E-state index < -0.39 is 35.9 Å². The number of halogens is 3. The van der Waals surface area contributed by atoms with Gasteiger partial charge in [0.1, 0.15) is 11.5 Å². The van der Waals surface area contributed by atoms with Crippen LogP contribution in [-0.2, 0) is 6.18 Å². The molecule has 0 aliphatic heterocycles. The maximum Gasteiger partial charge on any atom is 0.416 e. The number of aliphatic hydroxyl groups excluding tert-OH is 1. The normalized spacial score (nSPS) is 12.7. The van der Waals surface area contributed by atoms with Crippen LogP contribution in [0.1, 0.15) is 33.5 Å². The summed E-state index contributed by atoms with van der Waals surface area (Å²) < 4.78 is 37.6. The van der Waals surface area contributed by atoms with E-state index in [1.807, 2.05) is 0 Å². The number of hydrogen-bond donors (Lipinski definition) is 3. The largest absolute Gasteiger partial charge is 0.416 e. The van der Waals surface area contributed by atoms with Crippen molar-refractivity contribution in [1.29, 1.82) is 0 Å². The molecule has 1 atom stereocenters. The Bertz CT molecular complexity index is 785. The zero-order chi connectivity index (χ0) is 17.9. The summed E-state index contributed by atoms with van der Waals surface area (Å²) in [7, 11) is 0. The highest BCUT2D eigenvalue weighted by Gasteiger charge is 2.30. The van der Waals surface area contributed by atoms with E-state index in [9.17, 15) is 27.9 Å². The molecule has 1 amide bonds. The van der Waals surface area contributed by atoms with Crippen molar-refractivity contribution in [2.45, 2.75) is 19.1 Å². The third-order valence-electron chi connectivity index (χ3n) is 3.22. The van der Waals surface area contributed by atoms with Gasteiger partial charge >= 0.3 is 6.18 Å². The van der Waals surface area contributed by atoms with Gasteiger partial charge in [-0.05, 0) is 24.6 Å². The molecule has 3 N–H and O–H groups in total. The Labute approximate surface area is 134 Å². The molecule has 0 fully saturated rings. The molecule has 0 saturated heterocycles. The van der Waals surface area contributed by atoms with Gasteiger partial charge in [-0.1, -0.05) is 12.1 Å². The molecule has 0 saturated carbocycles. The van der Waals surface area contributed by atoms with Gasteiger partial charge in [-0.2, -0.15) is 13.2 Å². The third kappa shape index (κ3) is 4.19. The van der Waals surface area contributed by atoms with Crippen LogP contribution in [0.2, 0.25) is 0 Å². The highest BCUT2D eigenvalue weighted by molar-refractivity contribution is 5.92. The topological polar surface area (TPSA) is 95.1 Å². The summed E-state index contributed by atoms with van der Waals surface area (Å²) in [6, 6.07) is 4.12. The minimum atomic E-state index is -4.47. The Morgan fingerprint density at radius 3 is 2.46 bits per heavy atom. The highest BCUT2D eigenvalue weighted by Crippen LogP contribution is 2.29. The van der Waals surface area contributed by atoms with Crippen molar-refractivity contribution in [3.05, 3.63) is 63.3 Å². The number of carbonyl (C=O) groups is 1. The number of nitrogens with zero attached hydrogens (tertiary/aromatic N) is 1. The number of aryl methyl sites for hydroxylation is 1. The first-order chi connectivity index (χ1) is 11.2. The second kappa shape index (κ2) is 6.83. The van der Waals surface area contributed by atoms with E-state index in [0.29, 0.717) is 5.56 Å². The van der Waals surface area contributed by atoms with Gasteiger partial charge in [0.05, 0.1) is 18.2 Å². The van der Waals surface area contributed by atoms with Crippen LogP contribution >= 0.6 is 0 Å². The zero-order valence-corrected chi connectivity index (χ0v) is 12.5. The van der Waals surface area contributed by atoms with Gasteiger partial charge in [-0.15, -0.1) is 0 Å². The average molecular weight is 341 g/mol. The number of alkyl halides is 3. The number of nitrogens with one attached hydrogen (secondary N) is 2. The predicted octanol–water partition coefficient (Wildman–Crippen LogP) is 1.56. The van der Waals surface area contributed by atoms with Crippen molar-refractivity contribution in [1.82, 2.24) is 15.3 Å². The molecule has 128 valence electrons. The fourth-order valence-electron chi connectivity index (χ4n) is 2.07. The molecule has 1 aromatic carbocycles. The lowest BCUT2D eigenvalue weighted by Gasteiger charge is -2.17. The number of hydrogen-bond acceptors (Lipinski definition) is 4. The molecule has 0 aliphatic carbocycles. The maximum atomic E-state index is 12.5. The maximum absolute atomic E-state index is 12.5. The van der Waals surface area contributed by atoms with Crippen LogP contribution in [0.15, 0.2) is 35.1 Å². The molecule has 6 nitrogen and oxygen atoms in total. The third-order valence-corrected chi connectivity index (χ3v) is 3.22. The first kappa shape index (κ1) is 17.7. The first-order valence-electron chi connectivity index (χ1n) is 6.87. The van der Waals surface area contributed by atoms with Crippen LogP contribution < -0.4 is 10.9 Å². The van der Waals surface area contributed by atoms with Crippen LogP contribution in [0.4, 0.5) is 13.2 Å². The number of aromatic nitrogens is 2. The van der Waals surface area contributed by atoms with E-state index in [1.54, 1.807) is 0 Å². The number of rotatable bonds is 4. The molecule has 0 unspecified atom stereocenters. The van der Waals surface area contributed by atoms with Gasteiger partial charge in [0, 0.05) is 6.07 Å². The first-order valence-corrected chi connectivity index (χ1v) is 6.87. The summed E-state index contributed by atoms with van der Waals surface area (Å²) in [5.41, 5.74) is -1.20. The van der Waals surface area contributed by atoms with E-state index in [0.717, 1.165) is 18.2 Å². The molecule has 9 heteroatoms. The highest BCUT2D eigenvalue weighted by atomic mass is 19.4.